The van der Waals surface area contributed by atoms with Crippen molar-refractivity contribution in [1.29, 1.82) is 5.26 Å². The summed E-state index contributed by atoms with van der Waals surface area (Å²) >= 11 is 1.62. The lowest BCUT2D eigenvalue weighted by molar-refractivity contribution is -0.126. The van der Waals surface area contributed by atoms with Crippen LogP contribution in [0.5, 0.6) is 0 Å². The van der Waals surface area contributed by atoms with Crippen LogP contribution in [0.1, 0.15) is 11.1 Å². The van der Waals surface area contributed by atoms with E-state index in [-0.39, 0.29) is 5.91 Å². The maximum atomic E-state index is 12.3. The number of amides is 1. The third-order valence-electron chi connectivity index (χ3n) is 3.72. The van der Waals surface area contributed by atoms with E-state index in [0.29, 0.717) is 18.7 Å². The fraction of sp³-hybridized carbons (Fsp3) is 0.235. The maximum Gasteiger partial charge on any atom is 0.246 e. The van der Waals surface area contributed by atoms with Crippen LogP contribution in [0, 0.1) is 11.3 Å². The number of carbonyl (C=O) groups excluding carboxylic acids is 1. The fourth-order valence-corrected chi connectivity index (χ4v) is 3.17. The summed E-state index contributed by atoms with van der Waals surface area (Å²) in [6.07, 6.45) is 5.14. The molecule has 1 aromatic heterocycles. The molecule has 0 aliphatic carbocycles. The van der Waals surface area contributed by atoms with Crippen LogP contribution in [0.4, 0.5) is 5.13 Å². The monoisotopic (exact) mass is 324 g/mol. The van der Waals surface area contributed by atoms with Crippen molar-refractivity contribution in [3.05, 3.63) is 53.0 Å². The highest BCUT2D eigenvalue weighted by Gasteiger charge is 2.20. The van der Waals surface area contributed by atoms with Crippen LogP contribution in [0.3, 0.4) is 0 Å². The SMILES string of the molecule is N#Cc1cccc(/C=C/C(=O)N2CCN(c3nccs3)CC2)c1. The average Bonchev–Trinajstić information content (AvgIpc) is 3.14. The third kappa shape index (κ3) is 3.76. The van der Waals surface area contributed by atoms with E-state index in [1.807, 2.05) is 22.4 Å². The average molecular weight is 324 g/mol. The minimum Gasteiger partial charge on any atom is -0.345 e. The Kier molecular flexibility index (Phi) is 4.69. The zero-order valence-corrected chi connectivity index (χ0v) is 13.4. The van der Waals surface area contributed by atoms with E-state index in [1.165, 1.54) is 0 Å². The molecular weight excluding hydrogens is 308 g/mol. The van der Waals surface area contributed by atoms with Crippen molar-refractivity contribution in [2.24, 2.45) is 0 Å². The molecule has 1 aliphatic heterocycles. The summed E-state index contributed by atoms with van der Waals surface area (Å²) in [5.74, 6) is 0.00569. The normalized spacial score (nSPS) is 14.9. The van der Waals surface area contributed by atoms with Crippen LogP contribution < -0.4 is 4.90 Å². The van der Waals surface area contributed by atoms with E-state index < -0.39 is 0 Å². The van der Waals surface area contributed by atoms with Gasteiger partial charge in [-0.05, 0) is 23.8 Å². The van der Waals surface area contributed by atoms with Crippen LogP contribution >= 0.6 is 11.3 Å². The van der Waals surface area contributed by atoms with E-state index in [0.717, 1.165) is 23.8 Å². The van der Waals surface area contributed by atoms with Crippen molar-refractivity contribution >= 4 is 28.5 Å². The standard InChI is InChI=1S/C17H16N4OS/c18-13-15-3-1-2-14(12-15)4-5-16(22)20-7-9-21(10-8-20)17-19-6-11-23-17/h1-6,11-12H,7-10H2/b5-4+. The number of thiazole rings is 1. The highest BCUT2D eigenvalue weighted by atomic mass is 32.1. The van der Waals surface area contributed by atoms with Crippen LogP contribution in [0.2, 0.25) is 0 Å². The molecule has 3 rings (SSSR count). The Hall–Kier alpha value is -2.65. The highest BCUT2D eigenvalue weighted by Crippen LogP contribution is 2.19. The number of hydrogen-bond acceptors (Lipinski definition) is 5. The van der Waals surface area contributed by atoms with Crippen molar-refractivity contribution in [3.63, 3.8) is 0 Å². The fourth-order valence-electron chi connectivity index (χ4n) is 2.48. The Balaban J connectivity index is 1.57. The number of hydrogen-bond donors (Lipinski definition) is 0. The smallest absolute Gasteiger partial charge is 0.246 e. The molecule has 0 saturated carbocycles. The summed E-state index contributed by atoms with van der Waals surface area (Å²) in [6, 6.07) is 9.31. The molecule has 1 fully saturated rings. The van der Waals surface area contributed by atoms with Crippen LogP contribution in [0.25, 0.3) is 6.08 Å². The zero-order chi connectivity index (χ0) is 16.1. The number of benzene rings is 1. The van der Waals surface area contributed by atoms with Gasteiger partial charge in [0, 0.05) is 43.8 Å². The Morgan fingerprint density at radius 2 is 2.13 bits per heavy atom. The molecule has 0 atom stereocenters. The molecule has 6 heteroatoms. The van der Waals surface area contributed by atoms with Crippen molar-refractivity contribution in [2.45, 2.75) is 0 Å². The van der Waals surface area contributed by atoms with Gasteiger partial charge in [-0.3, -0.25) is 4.79 Å². The van der Waals surface area contributed by atoms with Gasteiger partial charge in [-0.15, -0.1) is 11.3 Å². The van der Waals surface area contributed by atoms with Gasteiger partial charge in [0.25, 0.3) is 0 Å². The maximum absolute atomic E-state index is 12.3. The predicted octanol–water partition coefficient (Wildman–Crippen LogP) is 2.38. The zero-order valence-electron chi connectivity index (χ0n) is 12.6. The molecule has 0 spiro atoms. The van der Waals surface area contributed by atoms with E-state index in [2.05, 4.69) is 16.0 Å². The van der Waals surface area contributed by atoms with Gasteiger partial charge in [0.05, 0.1) is 11.6 Å². The molecule has 0 unspecified atom stereocenters. The van der Waals surface area contributed by atoms with Gasteiger partial charge < -0.3 is 9.80 Å². The lowest BCUT2D eigenvalue weighted by Gasteiger charge is -2.34. The molecule has 0 bridgehead atoms. The first-order chi connectivity index (χ1) is 11.3. The largest absolute Gasteiger partial charge is 0.345 e. The lowest BCUT2D eigenvalue weighted by atomic mass is 10.1. The summed E-state index contributed by atoms with van der Waals surface area (Å²) in [5, 5.41) is 11.9. The Bertz CT molecular complexity index is 740. The minimum atomic E-state index is 0.00569. The van der Waals surface area contributed by atoms with E-state index in [4.69, 9.17) is 5.26 Å². The molecule has 23 heavy (non-hydrogen) atoms. The minimum absolute atomic E-state index is 0.00569. The van der Waals surface area contributed by atoms with Crippen molar-refractivity contribution in [2.75, 3.05) is 31.1 Å². The molecule has 0 radical (unpaired) electrons. The van der Waals surface area contributed by atoms with Crippen LogP contribution in [-0.2, 0) is 4.79 Å². The van der Waals surface area contributed by atoms with Crippen molar-refractivity contribution in [1.82, 2.24) is 9.88 Å². The number of anilines is 1. The predicted molar refractivity (Wildman–Crippen MR) is 91.1 cm³/mol. The Morgan fingerprint density at radius 3 is 2.83 bits per heavy atom. The number of rotatable bonds is 3. The molecule has 1 aliphatic rings. The first-order valence-electron chi connectivity index (χ1n) is 7.38. The second kappa shape index (κ2) is 7.07. The van der Waals surface area contributed by atoms with Gasteiger partial charge in [0.1, 0.15) is 0 Å². The van der Waals surface area contributed by atoms with Gasteiger partial charge in [-0.2, -0.15) is 5.26 Å². The van der Waals surface area contributed by atoms with Gasteiger partial charge in [-0.1, -0.05) is 12.1 Å². The second-order valence-corrected chi connectivity index (χ2v) is 6.07. The Labute approximate surface area is 139 Å². The van der Waals surface area contributed by atoms with E-state index in [1.54, 1.807) is 41.8 Å². The lowest BCUT2D eigenvalue weighted by Crippen LogP contribution is -2.48. The first kappa shape index (κ1) is 15.3. The second-order valence-electron chi connectivity index (χ2n) is 5.20. The molecule has 0 N–H and O–H groups in total. The van der Waals surface area contributed by atoms with E-state index in [9.17, 15) is 4.79 Å². The van der Waals surface area contributed by atoms with Gasteiger partial charge in [-0.25, -0.2) is 4.98 Å². The van der Waals surface area contributed by atoms with Crippen LogP contribution in [-0.4, -0.2) is 42.0 Å². The quantitative estimate of drug-likeness (QED) is 0.813. The topological polar surface area (TPSA) is 60.2 Å². The van der Waals surface area contributed by atoms with Crippen LogP contribution in [0.15, 0.2) is 41.9 Å². The molecule has 1 saturated heterocycles. The number of carbonyl (C=O) groups is 1. The number of aromatic nitrogens is 1. The number of nitrogens with zero attached hydrogens (tertiary/aromatic N) is 4. The van der Waals surface area contributed by atoms with Crippen molar-refractivity contribution in [3.8, 4) is 6.07 Å². The number of piperazine rings is 1. The summed E-state index contributed by atoms with van der Waals surface area (Å²) in [6.45, 7) is 3.00. The molecule has 1 amide bonds. The highest BCUT2D eigenvalue weighted by molar-refractivity contribution is 7.13. The summed E-state index contributed by atoms with van der Waals surface area (Å²) in [5.41, 5.74) is 1.45. The van der Waals surface area contributed by atoms with Gasteiger partial charge in [0.15, 0.2) is 5.13 Å². The molecule has 2 heterocycles. The first-order valence-corrected chi connectivity index (χ1v) is 8.26. The number of nitriles is 1. The summed E-state index contributed by atoms with van der Waals surface area (Å²) in [7, 11) is 0. The van der Waals surface area contributed by atoms with Gasteiger partial charge >= 0.3 is 0 Å². The molecule has 116 valence electrons. The summed E-state index contributed by atoms with van der Waals surface area (Å²) < 4.78 is 0. The molecular formula is C17H16N4OS. The molecule has 2 aromatic rings. The molecule has 5 nitrogen and oxygen atoms in total. The third-order valence-corrected chi connectivity index (χ3v) is 4.55. The summed E-state index contributed by atoms with van der Waals surface area (Å²) in [4.78, 5) is 20.6. The van der Waals surface area contributed by atoms with E-state index >= 15 is 0 Å². The molecule has 1 aromatic carbocycles. The van der Waals surface area contributed by atoms with Crippen molar-refractivity contribution < 1.29 is 4.79 Å². The Morgan fingerprint density at radius 1 is 1.30 bits per heavy atom. The van der Waals surface area contributed by atoms with Gasteiger partial charge in [0.2, 0.25) is 5.91 Å².